The number of piperazine rings is 1. The number of aromatic nitrogens is 1. The van der Waals surface area contributed by atoms with Crippen molar-refractivity contribution in [1.29, 1.82) is 0 Å². The van der Waals surface area contributed by atoms with Crippen LogP contribution in [-0.2, 0) is 6.54 Å². The molecule has 3 rings (SSSR count). The molecule has 0 aromatic carbocycles. The summed E-state index contributed by atoms with van der Waals surface area (Å²) in [5.41, 5.74) is 3.00. The zero-order valence-corrected chi connectivity index (χ0v) is 18.4. The largest absolute Gasteiger partial charge is 0.352 e. The molecule has 5 nitrogen and oxygen atoms in total. The highest BCUT2D eigenvalue weighted by atomic mass is 32.1. The molecule has 0 atom stereocenters. The molecule has 0 saturated carbocycles. The van der Waals surface area contributed by atoms with Crippen molar-refractivity contribution >= 4 is 17.2 Å². The molecule has 1 amide bonds. The van der Waals surface area contributed by atoms with E-state index in [1.54, 1.807) is 11.3 Å². The number of hydrogen-bond donors (Lipinski definition) is 1. The van der Waals surface area contributed by atoms with Crippen LogP contribution in [0.1, 0.15) is 46.4 Å². The summed E-state index contributed by atoms with van der Waals surface area (Å²) in [5, 5.41) is 5.21. The molecule has 0 radical (unpaired) electrons. The highest BCUT2D eigenvalue weighted by Gasteiger charge is 2.17. The topological polar surface area (TPSA) is 40.5 Å². The normalized spacial score (nSPS) is 15.8. The first kappa shape index (κ1) is 21.1. The van der Waals surface area contributed by atoms with Gasteiger partial charge in [-0.3, -0.25) is 4.79 Å². The number of nitrogens with zero attached hydrogens (tertiary/aromatic N) is 3. The number of unbranched alkanes of at least 4 members (excludes halogenated alkanes) is 1. The van der Waals surface area contributed by atoms with Gasteiger partial charge < -0.3 is 19.7 Å². The zero-order chi connectivity index (χ0) is 19.9. The molecule has 0 unspecified atom stereocenters. The van der Waals surface area contributed by atoms with Crippen molar-refractivity contribution in [3.05, 3.63) is 45.4 Å². The monoisotopic (exact) mass is 402 g/mol. The third-order valence-electron chi connectivity index (χ3n) is 5.81. The van der Waals surface area contributed by atoms with Gasteiger partial charge in [-0.15, -0.1) is 11.3 Å². The molecular weight excluding hydrogens is 368 g/mol. The van der Waals surface area contributed by atoms with Crippen LogP contribution in [0.25, 0.3) is 0 Å². The first-order chi connectivity index (χ1) is 13.6. The number of nitrogens with one attached hydrogen (secondary N) is 1. The van der Waals surface area contributed by atoms with Crippen LogP contribution in [0.3, 0.4) is 0 Å². The average molecular weight is 403 g/mol. The number of aryl methyl sites for hydroxylation is 1. The number of likely N-dealkylation sites (N-methyl/N-ethyl adjacent to an activating group) is 1. The summed E-state index contributed by atoms with van der Waals surface area (Å²) in [6.07, 6.45) is 2.18. The van der Waals surface area contributed by atoms with E-state index in [9.17, 15) is 4.79 Å². The SMILES string of the molecule is CCN1CCN(CCCCNC(=O)c2cc(C)n(Cc3cccs3)c2C)CC1. The summed E-state index contributed by atoms with van der Waals surface area (Å²) in [6.45, 7) is 15.0. The molecule has 0 spiro atoms. The molecule has 1 saturated heterocycles. The van der Waals surface area contributed by atoms with Crippen molar-refractivity contribution in [3.63, 3.8) is 0 Å². The Hall–Kier alpha value is -1.63. The zero-order valence-electron chi connectivity index (χ0n) is 17.5. The van der Waals surface area contributed by atoms with Gasteiger partial charge in [0, 0.05) is 49.0 Å². The quantitative estimate of drug-likeness (QED) is 0.654. The molecule has 0 bridgehead atoms. The van der Waals surface area contributed by atoms with Crippen LogP contribution >= 0.6 is 11.3 Å². The van der Waals surface area contributed by atoms with Gasteiger partial charge in [-0.25, -0.2) is 0 Å². The molecule has 28 heavy (non-hydrogen) atoms. The second kappa shape index (κ2) is 10.2. The second-order valence-corrected chi connectivity index (χ2v) is 8.72. The summed E-state index contributed by atoms with van der Waals surface area (Å²) in [5.74, 6) is 0.0575. The number of carbonyl (C=O) groups excluding carboxylic acids is 1. The molecule has 0 aliphatic carbocycles. The average Bonchev–Trinajstić information content (AvgIpc) is 3.32. The molecule has 1 fully saturated rings. The Morgan fingerprint density at radius 2 is 1.89 bits per heavy atom. The molecule has 3 heterocycles. The summed E-state index contributed by atoms with van der Waals surface area (Å²) in [4.78, 5) is 19.0. The highest BCUT2D eigenvalue weighted by molar-refractivity contribution is 7.09. The highest BCUT2D eigenvalue weighted by Crippen LogP contribution is 2.19. The van der Waals surface area contributed by atoms with Crippen LogP contribution in [0.15, 0.2) is 23.6 Å². The molecule has 1 N–H and O–H groups in total. The molecule has 2 aromatic rings. The second-order valence-electron chi connectivity index (χ2n) is 7.69. The van der Waals surface area contributed by atoms with Crippen molar-refractivity contribution in [1.82, 2.24) is 19.7 Å². The van der Waals surface area contributed by atoms with E-state index in [0.717, 1.165) is 56.0 Å². The molecule has 2 aromatic heterocycles. The van der Waals surface area contributed by atoms with Gasteiger partial charge in [0.15, 0.2) is 0 Å². The van der Waals surface area contributed by atoms with Gasteiger partial charge in [0.05, 0.1) is 12.1 Å². The minimum absolute atomic E-state index is 0.0575. The molecule has 6 heteroatoms. The summed E-state index contributed by atoms with van der Waals surface area (Å²) >= 11 is 1.76. The maximum atomic E-state index is 12.6. The van der Waals surface area contributed by atoms with Crippen molar-refractivity contribution in [2.75, 3.05) is 45.8 Å². The lowest BCUT2D eigenvalue weighted by Gasteiger charge is -2.33. The van der Waals surface area contributed by atoms with E-state index in [0.29, 0.717) is 0 Å². The summed E-state index contributed by atoms with van der Waals surface area (Å²) in [6, 6.07) is 6.24. The number of rotatable bonds is 9. The van der Waals surface area contributed by atoms with Gasteiger partial charge in [0.2, 0.25) is 0 Å². The van der Waals surface area contributed by atoms with E-state index in [4.69, 9.17) is 0 Å². The van der Waals surface area contributed by atoms with E-state index in [2.05, 4.69) is 51.0 Å². The predicted octanol–water partition coefficient (Wildman–Crippen LogP) is 3.36. The van der Waals surface area contributed by atoms with Crippen LogP contribution in [0.4, 0.5) is 0 Å². The number of hydrogen-bond acceptors (Lipinski definition) is 4. The molecule has 1 aliphatic rings. The van der Waals surface area contributed by atoms with Gasteiger partial charge in [-0.2, -0.15) is 0 Å². The van der Waals surface area contributed by atoms with E-state index in [-0.39, 0.29) is 5.91 Å². The first-order valence-electron chi connectivity index (χ1n) is 10.5. The minimum Gasteiger partial charge on any atom is -0.352 e. The lowest BCUT2D eigenvalue weighted by atomic mass is 10.2. The third-order valence-corrected chi connectivity index (χ3v) is 6.67. The van der Waals surface area contributed by atoms with Crippen molar-refractivity contribution in [2.45, 2.75) is 40.2 Å². The molecule has 1 aliphatic heterocycles. The Kier molecular flexibility index (Phi) is 7.71. The Labute approximate surface area is 173 Å². The van der Waals surface area contributed by atoms with Crippen LogP contribution in [0.5, 0.6) is 0 Å². The Balaban J connectivity index is 1.40. The van der Waals surface area contributed by atoms with E-state index >= 15 is 0 Å². The van der Waals surface area contributed by atoms with Gasteiger partial charge in [0.1, 0.15) is 0 Å². The van der Waals surface area contributed by atoms with Gasteiger partial charge >= 0.3 is 0 Å². The molecule has 154 valence electrons. The smallest absolute Gasteiger partial charge is 0.253 e. The van der Waals surface area contributed by atoms with Crippen LogP contribution < -0.4 is 5.32 Å². The van der Waals surface area contributed by atoms with Gasteiger partial charge in [-0.1, -0.05) is 13.0 Å². The van der Waals surface area contributed by atoms with E-state index < -0.39 is 0 Å². The van der Waals surface area contributed by atoms with E-state index in [1.807, 2.05) is 13.0 Å². The van der Waals surface area contributed by atoms with E-state index in [1.165, 1.54) is 31.1 Å². The predicted molar refractivity (Wildman–Crippen MR) is 117 cm³/mol. The Bertz CT molecular complexity index is 745. The lowest BCUT2D eigenvalue weighted by molar-refractivity contribution is 0.0951. The van der Waals surface area contributed by atoms with Crippen molar-refractivity contribution in [3.8, 4) is 0 Å². The van der Waals surface area contributed by atoms with Gasteiger partial charge in [-0.05, 0) is 57.3 Å². The first-order valence-corrected chi connectivity index (χ1v) is 11.4. The maximum absolute atomic E-state index is 12.6. The number of amides is 1. The Morgan fingerprint density at radius 3 is 2.57 bits per heavy atom. The summed E-state index contributed by atoms with van der Waals surface area (Å²) < 4.78 is 2.23. The van der Waals surface area contributed by atoms with Crippen LogP contribution in [0, 0.1) is 13.8 Å². The standard InChI is InChI=1S/C22H34N4OS/c1-4-24-11-13-25(14-12-24)10-6-5-9-23-22(27)21-16-18(2)26(19(21)3)17-20-8-7-15-28-20/h7-8,15-16H,4-6,9-14,17H2,1-3H3,(H,23,27). The fraction of sp³-hybridized carbons (Fsp3) is 0.591. The molecular formula is C22H34N4OS. The summed E-state index contributed by atoms with van der Waals surface area (Å²) in [7, 11) is 0. The van der Waals surface area contributed by atoms with Crippen molar-refractivity contribution in [2.24, 2.45) is 0 Å². The minimum atomic E-state index is 0.0575. The number of thiophene rings is 1. The van der Waals surface area contributed by atoms with Crippen LogP contribution in [-0.4, -0.2) is 66.1 Å². The number of carbonyl (C=O) groups is 1. The lowest BCUT2D eigenvalue weighted by Crippen LogP contribution is -2.46. The fourth-order valence-corrected chi connectivity index (χ4v) is 4.61. The van der Waals surface area contributed by atoms with Crippen molar-refractivity contribution < 1.29 is 4.79 Å². The van der Waals surface area contributed by atoms with Gasteiger partial charge in [0.25, 0.3) is 5.91 Å². The fourth-order valence-electron chi connectivity index (χ4n) is 3.92. The maximum Gasteiger partial charge on any atom is 0.253 e. The van der Waals surface area contributed by atoms with Crippen LogP contribution in [0.2, 0.25) is 0 Å². The Morgan fingerprint density at radius 1 is 1.14 bits per heavy atom. The third kappa shape index (κ3) is 5.46.